The molecule has 0 saturated carbocycles. The van der Waals surface area contributed by atoms with Crippen molar-refractivity contribution in [3.63, 3.8) is 0 Å². The van der Waals surface area contributed by atoms with Crippen LogP contribution in [0.15, 0.2) is 30.3 Å². The summed E-state index contributed by atoms with van der Waals surface area (Å²) >= 11 is 0. The van der Waals surface area contributed by atoms with Crippen molar-refractivity contribution >= 4 is 0 Å². The first-order valence-electron chi connectivity index (χ1n) is 7.45. The Hall–Kier alpha value is -1.06. The van der Waals surface area contributed by atoms with E-state index in [1.165, 1.54) is 13.0 Å². The summed E-state index contributed by atoms with van der Waals surface area (Å²) in [5, 5.41) is 3.59. The molecule has 1 saturated heterocycles. The first-order chi connectivity index (χ1) is 9.29. The highest BCUT2D eigenvalue weighted by atomic mass is 16.5. The summed E-state index contributed by atoms with van der Waals surface area (Å²) in [5.41, 5.74) is 0. The third-order valence-corrected chi connectivity index (χ3v) is 3.87. The van der Waals surface area contributed by atoms with Gasteiger partial charge >= 0.3 is 0 Å². The maximum atomic E-state index is 5.74. The summed E-state index contributed by atoms with van der Waals surface area (Å²) in [7, 11) is 0. The van der Waals surface area contributed by atoms with Crippen molar-refractivity contribution in [1.29, 1.82) is 0 Å². The summed E-state index contributed by atoms with van der Waals surface area (Å²) in [4.78, 5) is 2.58. The molecule has 2 atom stereocenters. The minimum atomic E-state index is 0.638. The third kappa shape index (κ3) is 4.51. The van der Waals surface area contributed by atoms with Gasteiger partial charge in [0.15, 0.2) is 0 Å². The minimum absolute atomic E-state index is 0.638. The lowest BCUT2D eigenvalue weighted by Gasteiger charge is -2.38. The second-order valence-electron chi connectivity index (χ2n) is 5.37. The Kier molecular flexibility index (Phi) is 5.67. The van der Waals surface area contributed by atoms with Gasteiger partial charge in [0.1, 0.15) is 5.75 Å². The van der Waals surface area contributed by atoms with Crippen LogP contribution in [0.1, 0.15) is 26.7 Å². The highest BCUT2D eigenvalue weighted by Crippen LogP contribution is 2.11. The lowest BCUT2D eigenvalue weighted by Crippen LogP contribution is -2.55. The van der Waals surface area contributed by atoms with Crippen molar-refractivity contribution in [1.82, 2.24) is 10.2 Å². The number of rotatable bonds is 6. The van der Waals surface area contributed by atoms with Gasteiger partial charge in [-0.2, -0.15) is 0 Å². The molecule has 106 valence electrons. The molecule has 0 spiro atoms. The molecule has 1 heterocycles. The van der Waals surface area contributed by atoms with Gasteiger partial charge in [0.05, 0.1) is 6.61 Å². The van der Waals surface area contributed by atoms with Crippen LogP contribution < -0.4 is 10.1 Å². The summed E-state index contributed by atoms with van der Waals surface area (Å²) < 4.78 is 5.74. The molecular weight excluding hydrogens is 236 g/mol. The number of piperazine rings is 1. The lowest BCUT2D eigenvalue weighted by atomic mass is 10.1. The normalized spacial score (nSPS) is 24.3. The van der Waals surface area contributed by atoms with Crippen LogP contribution in [-0.2, 0) is 0 Å². The van der Waals surface area contributed by atoms with Gasteiger partial charge in [-0.15, -0.1) is 0 Å². The van der Waals surface area contributed by atoms with Crippen LogP contribution in [0.5, 0.6) is 5.75 Å². The fraction of sp³-hybridized carbons (Fsp3) is 0.625. The van der Waals surface area contributed by atoms with E-state index in [1.54, 1.807) is 0 Å². The summed E-state index contributed by atoms with van der Waals surface area (Å²) in [6.45, 7) is 8.77. The Labute approximate surface area is 116 Å². The van der Waals surface area contributed by atoms with E-state index in [9.17, 15) is 0 Å². The van der Waals surface area contributed by atoms with Gasteiger partial charge in [0.2, 0.25) is 0 Å². The number of ether oxygens (including phenoxy) is 1. The standard InChI is InChI=1S/C16H26N2O/c1-3-15-13-18(14(2)12-17-15)10-7-11-19-16-8-5-4-6-9-16/h4-6,8-9,14-15,17H,3,7,10-13H2,1-2H3. The van der Waals surface area contributed by atoms with E-state index >= 15 is 0 Å². The van der Waals surface area contributed by atoms with Crippen molar-refractivity contribution in [2.75, 3.05) is 26.2 Å². The van der Waals surface area contributed by atoms with Crippen LogP contribution >= 0.6 is 0 Å². The molecule has 0 bridgehead atoms. The number of para-hydroxylation sites is 1. The monoisotopic (exact) mass is 262 g/mol. The molecule has 2 rings (SSSR count). The minimum Gasteiger partial charge on any atom is -0.494 e. The molecule has 19 heavy (non-hydrogen) atoms. The fourth-order valence-electron chi connectivity index (χ4n) is 2.55. The van der Waals surface area contributed by atoms with Crippen LogP contribution in [0.3, 0.4) is 0 Å². The molecule has 0 aromatic heterocycles. The van der Waals surface area contributed by atoms with Crippen molar-refractivity contribution in [3.05, 3.63) is 30.3 Å². The van der Waals surface area contributed by atoms with Crippen LogP contribution in [0.4, 0.5) is 0 Å². The van der Waals surface area contributed by atoms with Crippen LogP contribution in [0.25, 0.3) is 0 Å². The van der Waals surface area contributed by atoms with Crippen LogP contribution in [0, 0.1) is 0 Å². The molecule has 1 aliphatic heterocycles. The average molecular weight is 262 g/mol. The number of nitrogens with zero attached hydrogens (tertiary/aromatic N) is 1. The number of benzene rings is 1. The second kappa shape index (κ2) is 7.51. The zero-order valence-electron chi connectivity index (χ0n) is 12.1. The Bertz CT molecular complexity index is 355. The molecule has 1 aromatic carbocycles. The van der Waals surface area contributed by atoms with Gasteiger partial charge in [-0.25, -0.2) is 0 Å². The van der Waals surface area contributed by atoms with Crippen molar-refractivity contribution in [3.8, 4) is 5.75 Å². The van der Waals surface area contributed by atoms with Crippen LogP contribution in [-0.4, -0.2) is 43.2 Å². The molecule has 1 aliphatic rings. The van der Waals surface area contributed by atoms with E-state index in [0.29, 0.717) is 12.1 Å². The Morgan fingerprint density at radius 2 is 2.11 bits per heavy atom. The average Bonchev–Trinajstić information content (AvgIpc) is 2.46. The quantitative estimate of drug-likeness (QED) is 0.797. The topological polar surface area (TPSA) is 24.5 Å². The van der Waals surface area contributed by atoms with Crippen LogP contribution in [0.2, 0.25) is 0 Å². The number of hydrogen-bond acceptors (Lipinski definition) is 3. The van der Waals surface area contributed by atoms with E-state index in [-0.39, 0.29) is 0 Å². The Morgan fingerprint density at radius 3 is 2.84 bits per heavy atom. The van der Waals surface area contributed by atoms with Gasteiger partial charge in [-0.1, -0.05) is 25.1 Å². The van der Waals surface area contributed by atoms with E-state index < -0.39 is 0 Å². The SMILES string of the molecule is CCC1CN(CCCOc2ccccc2)C(C)CN1. The molecule has 1 N–H and O–H groups in total. The van der Waals surface area contributed by atoms with E-state index in [4.69, 9.17) is 4.74 Å². The molecule has 0 aliphatic carbocycles. The highest BCUT2D eigenvalue weighted by Gasteiger charge is 2.22. The number of nitrogens with one attached hydrogen (secondary N) is 1. The molecule has 0 radical (unpaired) electrons. The van der Waals surface area contributed by atoms with Gasteiger partial charge < -0.3 is 10.1 Å². The number of hydrogen-bond donors (Lipinski definition) is 1. The molecule has 1 fully saturated rings. The molecule has 0 amide bonds. The van der Waals surface area contributed by atoms with Gasteiger partial charge in [-0.3, -0.25) is 4.90 Å². The van der Waals surface area contributed by atoms with E-state index in [1.807, 2.05) is 30.3 Å². The predicted molar refractivity (Wildman–Crippen MR) is 79.7 cm³/mol. The lowest BCUT2D eigenvalue weighted by molar-refractivity contribution is 0.130. The summed E-state index contributed by atoms with van der Waals surface area (Å²) in [6.07, 6.45) is 2.30. The second-order valence-corrected chi connectivity index (χ2v) is 5.37. The van der Waals surface area contributed by atoms with Gasteiger partial charge in [0.25, 0.3) is 0 Å². The molecule has 3 heteroatoms. The van der Waals surface area contributed by atoms with Crippen molar-refractivity contribution in [2.24, 2.45) is 0 Å². The third-order valence-electron chi connectivity index (χ3n) is 3.87. The summed E-state index contributed by atoms with van der Waals surface area (Å²) in [6, 6.07) is 11.4. The fourth-order valence-corrected chi connectivity index (χ4v) is 2.55. The maximum Gasteiger partial charge on any atom is 0.119 e. The first kappa shape index (κ1) is 14.4. The molecule has 2 unspecified atom stereocenters. The molecule has 3 nitrogen and oxygen atoms in total. The predicted octanol–water partition coefficient (Wildman–Crippen LogP) is 2.53. The Morgan fingerprint density at radius 1 is 1.32 bits per heavy atom. The van der Waals surface area contributed by atoms with Gasteiger partial charge in [0, 0.05) is 31.7 Å². The Balaban J connectivity index is 1.67. The molecular formula is C16H26N2O. The smallest absolute Gasteiger partial charge is 0.119 e. The maximum absolute atomic E-state index is 5.74. The largest absolute Gasteiger partial charge is 0.494 e. The zero-order chi connectivity index (χ0) is 13.5. The van der Waals surface area contributed by atoms with Crippen molar-refractivity contribution in [2.45, 2.75) is 38.8 Å². The van der Waals surface area contributed by atoms with Crippen molar-refractivity contribution < 1.29 is 4.74 Å². The highest BCUT2D eigenvalue weighted by molar-refractivity contribution is 5.20. The summed E-state index contributed by atoms with van der Waals surface area (Å²) in [5.74, 6) is 0.974. The van der Waals surface area contributed by atoms with E-state index in [0.717, 1.165) is 31.9 Å². The van der Waals surface area contributed by atoms with E-state index in [2.05, 4.69) is 24.1 Å². The first-order valence-corrected chi connectivity index (χ1v) is 7.45. The van der Waals surface area contributed by atoms with Gasteiger partial charge in [-0.05, 0) is 31.9 Å². The zero-order valence-corrected chi connectivity index (χ0v) is 12.1. The molecule has 1 aromatic rings.